The third-order valence-corrected chi connectivity index (χ3v) is 3.06. The first kappa shape index (κ1) is 15.6. The number of guanidine groups is 1. The Hall–Kier alpha value is -1.48. The highest BCUT2D eigenvalue weighted by atomic mass is 35.5. The molecule has 0 radical (unpaired) electrons. The highest BCUT2D eigenvalue weighted by molar-refractivity contribution is 6.30. The van der Waals surface area contributed by atoms with Gasteiger partial charge >= 0.3 is 0 Å². The molecule has 0 heterocycles. The van der Waals surface area contributed by atoms with Crippen molar-refractivity contribution in [3.05, 3.63) is 47.0 Å². The Morgan fingerprint density at radius 3 is 2.74 bits per heavy atom. The molecule has 0 unspecified atom stereocenters. The number of hydrogen-bond acceptors (Lipinski definition) is 1. The van der Waals surface area contributed by atoms with Crippen molar-refractivity contribution in [3.8, 4) is 0 Å². The first-order valence-electron chi connectivity index (χ1n) is 6.25. The van der Waals surface area contributed by atoms with Gasteiger partial charge in [-0.25, -0.2) is 0 Å². The van der Waals surface area contributed by atoms with Gasteiger partial charge in [-0.3, -0.25) is 4.99 Å². The number of nitrogens with two attached hydrogens (primary N) is 1. The van der Waals surface area contributed by atoms with Crippen molar-refractivity contribution in [1.82, 2.24) is 5.32 Å². The molecule has 104 valence electrons. The summed E-state index contributed by atoms with van der Waals surface area (Å²) in [6.07, 6.45) is 0. The fourth-order valence-corrected chi connectivity index (χ4v) is 1.77. The van der Waals surface area contributed by atoms with Crippen LogP contribution in [0.4, 0.5) is 0 Å². The van der Waals surface area contributed by atoms with Crippen molar-refractivity contribution in [1.29, 1.82) is 0 Å². The SMILES string of the molecule is C=C(C)CNC(N)=NCC(C)(C)c1cccc(Cl)c1. The molecular weight excluding hydrogens is 258 g/mol. The van der Waals surface area contributed by atoms with E-state index in [0.29, 0.717) is 19.0 Å². The van der Waals surface area contributed by atoms with E-state index < -0.39 is 0 Å². The van der Waals surface area contributed by atoms with Gasteiger partial charge in [0.2, 0.25) is 0 Å². The molecule has 0 fully saturated rings. The molecule has 0 saturated heterocycles. The summed E-state index contributed by atoms with van der Waals surface area (Å²) >= 11 is 6.02. The first-order valence-corrected chi connectivity index (χ1v) is 6.63. The number of aliphatic imine (C=N–C) groups is 1. The van der Waals surface area contributed by atoms with E-state index in [4.69, 9.17) is 17.3 Å². The maximum atomic E-state index is 6.02. The van der Waals surface area contributed by atoms with Gasteiger partial charge in [0, 0.05) is 17.0 Å². The summed E-state index contributed by atoms with van der Waals surface area (Å²) in [6, 6.07) is 7.84. The molecule has 1 aromatic rings. The minimum Gasteiger partial charge on any atom is -0.370 e. The summed E-state index contributed by atoms with van der Waals surface area (Å²) in [5, 5.41) is 3.76. The molecule has 0 aliphatic carbocycles. The number of nitrogens with one attached hydrogen (secondary N) is 1. The van der Waals surface area contributed by atoms with Crippen LogP contribution in [-0.4, -0.2) is 19.0 Å². The topological polar surface area (TPSA) is 50.4 Å². The van der Waals surface area contributed by atoms with Crippen LogP contribution in [0.2, 0.25) is 5.02 Å². The normalized spacial score (nSPS) is 12.3. The van der Waals surface area contributed by atoms with Crippen LogP contribution < -0.4 is 11.1 Å². The predicted molar refractivity (Wildman–Crippen MR) is 83.8 cm³/mol. The fourth-order valence-electron chi connectivity index (χ4n) is 1.58. The van der Waals surface area contributed by atoms with E-state index in [1.54, 1.807) is 0 Å². The van der Waals surface area contributed by atoms with Gasteiger partial charge in [-0.1, -0.05) is 49.7 Å². The van der Waals surface area contributed by atoms with Gasteiger partial charge in [-0.05, 0) is 24.6 Å². The van der Waals surface area contributed by atoms with Gasteiger partial charge in [0.05, 0.1) is 6.54 Å². The van der Waals surface area contributed by atoms with Crippen molar-refractivity contribution in [2.24, 2.45) is 10.7 Å². The molecule has 0 amide bonds. The van der Waals surface area contributed by atoms with Gasteiger partial charge in [0.25, 0.3) is 0 Å². The lowest BCUT2D eigenvalue weighted by molar-refractivity contribution is 0.539. The Bertz CT molecular complexity index is 478. The number of rotatable bonds is 5. The van der Waals surface area contributed by atoms with E-state index in [9.17, 15) is 0 Å². The van der Waals surface area contributed by atoms with Gasteiger partial charge in [0.15, 0.2) is 5.96 Å². The summed E-state index contributed by atoms with van der Waals surface area (Å²) in [6.45, 7) is 11.2. The van der Waals surface area contributed by atoms with Crippen LogP contribution in [0.5, 0.6) is 0 Å². The standard InChI is InChI=1S/C15H22ClN3/c1-11(2)9-18-14(17)19-10-15(3,4)12-6-5-7-13(16)8-12/h5-8H,1,9-10H2,2-4H3,(H3,17,18,19). The van der Waals surface area contributed by atoms with E-state index in [1.807, 2.05) is 25.1 Å². The van der Waals surface area contributed by atoms with Crippen LogP contribution in [0.25, 0.3) is 0 Å². The molecule has 1 rings (SSSR count). The minimum absolute atomic E-state index is 0.111. The lowest BCUT2D eigenvalue weighted by Crippen LogP contribution is -2.34. The molecular formula is C15H22ClN3. The van der Waals surface area contributed by atoms with Gasteiger partial charge in [-0.15, -0.1) is 0 Å². The maximum absolute atomic E-state index is 6.02. The molecule has 0 aliphatic rings. The summed E-state index contributed by atoms with van der Waals surface area (Å²) in [5.74, 6) is 0.443. The highest BCUT2D eigenvalue weighted by Gasteiger charge is 2.20. The Balaban J connectivity index is 2.69. The molecule has 0 atom stereocenters. The van der Waals surface area contributed by atoms with Crippen molar-refractivity contribution in [2.75, 3.05) is 13.1 Å². The average Bonchev–Trinajstić information content (AvgIpc) is 2.34. The van der Waals surface area contributed by atoms with E-state index in [2.05, 4.69) is 36.8 Å². The number of benzene rings is 1. The summed E-state index contributed by atoms with van der Waals surface area (Å²) in [5.41, 5.74) is 7.87. The van der Waals surface area contributed by atoms with E-state index in [-0.39, 0.29) is 5.41 Å². The third kappa shape index (κ3) is 5.35. The molecule has 3 N–H and O–H groups in total. The van der Waals surface area contributed by atoms with E-state index in [1.165, 1.54) is 0 Å². The van der Waals surface area contributed by atoms with E-state index in [0.717, 1.165) is 16.2 Å². The maximum Gasteiger partial charge on any atom is 0.188 e. The Kier molecular flexibility index (Phi) is 5.43. The highest BCUT2D eigenvalue weighted by Crippen LogP contribution is 2.25. The van der Waals surface area contributed by atoms with Crippen LogP contribution in [-0.2, 0) is 5.41 Å². The summed E-state index contributed by atoms with van der Waals surface area (Å²) in [4.78, 5) is 4.37. The van der Waals surface area contributed by atoms with Crippen molar-refractivity contribution >= 4 is 17.6 Å². The summed E-state index contributed by atoms with van der Waals surface area (Å²) in [7, 11) is 0. The smallest absolute Gasteiger partial charge is 0.188 e. The fraction of sp³-hybridized carbons (Fsp3) is 0.400. The number of hydrogen-bond donors (Lipinski definition) is 2. The van der Waals surface area contributed by atoms with Crippen LogP contribution in [0.1, 0.15) is 26.3 Å². The quantitative estimate of drug-likeness (QED) is 0.494. The number of nitrogens with zero attached hydrogens (tertiary/aromatic N) is 1. The zero-order valence-electron chi connectivity index (χ0n) is 11.8. The Morgan fingerprint density at radius 2 is 2.16 bits per heavy atom. The van der Waals surface area contributed by atoms with Crippen LogP contribution in [0.3, 0.4) is 0 Å². The molecule has 3 nitrogen and oxygen atoms in total. The lowest BCUT2D eigenvalue weighted by atomic mass is 9.85. The average molecular weight is 280 g/mol. The molecule has 0 aromatic heterocycles. The molecule has 1 aromatic carbocycles. The Labute approximate surface area is 120 Å². The van der Waals surface area contributed by atoms with E-state index >= 15 is 0 Å². The second-order valence-corrected chi connectivity index (χ2v) is 5.84. The zero-order chi connectivity index (χ0) is 14.5. The van der Waals surface area contributed by atoms with Crippen molar-refractivity contribution < 1.29 is 0 Å². The second kappa shape index (κ2) is 6.62. The largest absolute Gasteiger partial charge is 0.370 e. The monoisotopic (exact) mass is 279 g/mol. The zero-order valence-corrected chi connectivity index (χ0v) is 12.6. The number of halogens is 1. The minimum atomic E-state index is -0.111. The summed E-state index contributed by atoms with van der Waals surface area (Å²) < 4.78 is 0. The lowest BCUT2D eigenvalue weighted by Gasteiger charge is -2.23. The predicted octanol–water partition coefficient (Wildman–Crippen LogP) is 3.10. The first-order chi connectivity index (χ1) is 8.81. The molecule has 0 aliphatic heterocycles. The van der Waals surface area contributed by atoms with Gasteiger partial charge in [0.1, 0.15) is 0 Å². The van der Waals surface area contributed by atoms with Crippen LogP contribution in [0.15, 0.2) is 41.4 Å². The van der Waals surface area contributed by atoms with Gasteiger partial charge in [-0.2, -0.15) is 0 Å². The van der Waals surface area contributed by atoms with Gasteiger partial charge < -0.3 is 11.1 Å². The van der Waals surface area contributed by atoms with Crippen molar-refractivity contribution in [2.45, 2.75) is 26.2 Å². The molecule has 19 heavy (non-hydrogen) atoms. The second-order valence-electron chi connectivity index (χ2n) is 5.41. The van der Waals surface area contributed by atoms with Crippen LogP contribution in [0, 0.1) is 0 Å². The van der Waals surface area contributed by atoms with Crippen molar-refractivity contribution in [3.63, 3.8) is 0 Å². The molecule has 4 heteroatoms. The third-order valence-electron chi connectivity index (χ3n) is 2.82. The van der Waals surface area contributed by atoms with Crippen LogP contribution >= 0.6 is 11.6 Å². The molecule has 0 saturated carbocycles. The Morgan fingerprint density at radius 1 is 1.47 bits per heavy atom. The molecule has 0 spiro atoms. The molecule has 0 bridgehead atoms.